The smallest absolute Gasteiger partial charge is 0.341 e. The molecule has 0 unspecified atom stereocenters. The summed E-state index contributed by atoms with van der Waals surface area (Å²) in [4.78, 5) is 22.9. The molecule has 18 heavy (non-hydrogen) atoms. The van der Waals surface area contributed by atoms with Gasteiger partial charge in [-0.15, -0.1) is 0 Å². The average Bonchev–Trinajstić information content (AvgIpc) is 2.71. The second-order valence-electron chi connectivity index (χ2n) is 6.68. The molecule has 2 heterocycles. The standard InChI is InChI=1S/C14H20O4/c1-9-4-5-12(2)8-14(6-7-15)10(16)17-11(18-14)13(9,12)3/h7,9,11H,4-6,8H2,1-3H3/t9-,11+,12+,13-,14-/m1/s1. The molecule has 2 aliphatic heterocycles. The van der Waals surface area contributed by atoms with Crippen molar-refractivity contribution >= 4 is 12.3 Å². The van der Waals surface area contributed by atoms with Gasteiger partial charge in [0.2, 0.25) is 6.29 Å². The van der Waals surface area contributed by atoms with Crippen molar-refractivity contribution in [2.45, 2.75) is 58.3 Å². The molecule has 5 atom stereocenters. The van der Waals surface area contributed by atoms with E-state index in [0.717, 1.165) is 19.1 Å². The van der Waals surface area contributed by atoms with Crippen molar-refractivity contribution in [1.29, 1.82) is 0 Å². The van der Waals surface area contributed by atoms with Gasteiger partial charge in [-0.05, 0) is 30.6 Å². The maximum absolute atomic E-state index is 12.1. The molecule has 0 amide bonds. The summed E-state index contributed by atoms with van der Waals surface area (Å²) in [6, 6.07) is 0. The lowest BCUT2D eigenvalue weighted by atomic mass is 9.59. The molecule has 1 aliphatic carbocycles. The van der Waals surface area contributed by atoms with E-state index in [9.17, 15) is 9.59 Å². The van der Waals surface area contributed by atoms with Crippen molar-refractivity contribution in [3.8, 4) is 0 Å². The molecule has 2 bridgehead atoms. The maximum Gasteiger partial charge on any atom is 0.341 e. The fraction of sp³-hybridized carbons (Fsp3) is 0.857. The Morgan fingerprint density at radius 3 is 2.83 bits per heavy atom. The largest absolute Gasteiger partial charge is 0.433 e. The predicted octanol–water partition coefficient (Wildman–Crippen LogP) is 2.06. The van der Waals surface area contributed by atoms with E-state index in [1.807, 2.05) is 0 Å². The lowest BCUT2D eigenvalue weighted by molar-refractivity contribution is -0.243. The van der Waals surface area contributed by atoms with E-state index in [0.29, 0.717) is 12.3 Å². The first-order valence-electron chi connectivity index (χ1n) is 6.70. The molecule has 0 aromatic rings. The zero-order valence-corrected chi connectivity index (χ0v) is 11.2. The summed E-state index contributed by atoms with van der Waals surface area (Å²) in [5.74, 6) is 0.122. The lowest BCUT2D eigenvalue weighted by Crippen LogP contribution is -2.55. The average molecular weight is 252 g/mol. The van der Waals surface area contributed by atoms with Crippen LogP contribution in [0.1, 0.15) is 46.5 Å². The second-order valence-corrected chi connectivity index (χ2v) is 6.68. The van der Waals surface area contributed by atoms with Gasteiger partial charge in [0, 0.05) is 11.8 Å². The van der Waals surface area contributed by atoms with Crippen LogP contribution in [0.4, 0.5) is 0 Å². The lowest BCUT2D eigenvalue weighted by Gasteiger charge is -2.51. The first-order valence-corrected chi connectivity index (χ1v) is 6.70. The van der Waals surface area contributed by atoms with Gasteiger partial charge in [0.1, 0.15) is 6.29 Å². The van der Waals surface area contributed by atoms with E-state index in [4.69, 9.17) is 9.47 Å². The summed E-state index contributed by atoms with van der Waals surface area (Å²) in [5.41, 5.74) is -1.12. The van der Waals surface area contributed by atoms with Crippen LogP contribution in [-0.4, -0.2) is 24.1 Å². The van der Waals surface area contributed by atoms with Crippen molar-refractivity contribution in [1.82, 2.24) is 0 Å². The minimum atomic E-state index is -1.01. The summed E-state index contributed by atoms with van der Waals surface area (Å²) in [7, 11) is 0. The molecule has 0 radical (unpaired) electrons. The van der Waals surface area contributed by atoms with Crippen molar-refractivity contribution in [3.05, 3.63) is 0 Å². The monoisotopic (exact) mass is 252 g/mol. The summed E-state index contributed by atoms with van der Waals surface area (Å²) < 4.78 is 11.4. The molecule has 4 heteroatoms. The highest BCUT2D eigenvalue weighted by Crippen LogP contribution is 2.67. The SMILES string of the molecule is C[C@@H]1CC[C@@]2(C)C[C@@]3(CC=O)O[C@H](OC3=O)[C@@]12C. The Morgan fingerprint density at radius 1 is 1.44 bits per heavy atom. The number of hydrogen-bond acceptors (Lipinski definition) is 4. The fourth-order valence-corrected chi connectivity index (χ4v) is 4.30. The molecule has 3 aliphatic rings. The summed E-state index contributed by atoms with van der Waals surface area (Å²) >= 11 is 0. The Kier molecular flexibility index (Phi) is 2.26. The maximum atomic E-state index is 12.1. The van der Waals surface area contributed by atoms with E-state index in [-0.39, 0.29) is 23.2 Å². The van der Waals surface area contributed by atoms with Crippen LogP contribution in [0.3, 0.4) is 0 Å². The number of carbonyl (C=O) groups is 2. The van der Waals surface area contributed by atoms with Gasteiger partial charge >= 0.3 is 5.97 Å². The van der Waals surface area contributed by atoms with Crippen LogP contribution in [0, 0.1) is 16.7 Å². The third-order valence-electron chi connectivity index (χ3n) is 5.95. The highest BCUT2D eigenvalue weighted by molar-refractivity contribution is 5.84. The highest BCUT2D eigenvalue weighted by atomic mass is 16.8. The van der Waals surface area contributed by atoms with Crippen LogP contribution < -0.4 is 0 Å². The molecular weight excluding hydrogens is 232 g/mol. The summed E-state index contributed by atoms with van der Waals surface area (Å²) in [6.07, 6.45) is 3.20. The van der Waals surface area contributed by atoms with Crippen molar-refractivity contribution < 1.29 is 19.1 Å². The molecule has 0 aromatic carbocycles. The van der Waals surface area contributed by atoms with E-state index in [2.05, 4.69) is 20.8 Å². The number of esters is 1. The van der Waals surface area contributed by atoms with Crippen molar-refractivity contribution in [3.63, 3.8) is 0 Å². The predicted molar refractivity (Wildman–Crippen MR) is 63.6 cm³/mol. The molecule has 3 fully saturated rings. The molecule has 4 nitrogen and oxygen atoms in total. The van der Waals surface area contributed by atoms with Gasteiger partial charge in [-0.3, -0.25) is 0 Å². The van der Waals surface area contributed by atoms with Gasteiger partial charge in [-0.1, -0.05) is 20.8 Å². The van der Waals surface area contributed by atoms with E-state index >= 15 is 0 Å². The Bertz CT molecular complexity index is 420. The number of rotatable bonds is 2. The number of hydrogen-bond donors (Lipinski definition) is 0. The van der Waals surface area contributed by atoms with Gasteiger partial charge in [0.15, 0.2) is 5.60 Å². The third-order valence-corrected chi connectivity index (χ3v) is 5.95. The van der Waals surface area contributed by atoms with Gasteiger partial charge in [0.05, 0.1) is 0 Å². The topological polar surface area (TPSA) is 52.6 Å². The second kappa shape index (κ2) is 3.35. The Hall–Kier alpha value is -0.900. The van der Waals surface area contributed by atoms with Crippen LogP contribution in [0.15, 0.2) is 0 Å². The number of ether oxygens (including phenoxy) is 2. The number of fused-ring (bicyclic) bond motifs is 4. The molecule has 0 aromatic heterocycles. The van der Waals surface area contributed by atoms with Crippen LogP contribution in [0.2, 0.25) is 0 Å². The molecule has 100 valence electrons. The normalized spacial score (nSPS) is 54.1. The first kappa shape index (κ1) is 12.2. The number of carbonyl (C=O) groups excluding carboxylic acids is 2. The first-order chi connectivity index (χ1) is 8.38. The Labute approximate surface area is 107 Å². The minimum Gasteiger partial charge on any atom is -0.433 e. The summed E-state index contributed by atoms with van der Waals surface area (Å²) in [6.45, 7) is 6.58. The summed E-state index contributed by atoms with van der Waals surface area (Å²) in [5, 5.41) is 0. The molecule has 0 spiro atoms. The fourth-order valence-electron chi connectivity index (χ4n) is 4.30. The Balaban J connectivity index is 2.06. The third kappa shape index (κ3) is 1.15. The van der Waals surface area contributed by atoms with Crippen molar-refractivity contribution in [2.24, 2.45) is 16.7 Å². The van der Waals surface area contributed by atoms with Crippen LogP contribution in [-0.2, 0) is 19.1 Å². The van der Waals surface area contributed by atoms with Gasteiger partial charge in [-0.2, -0.15) is 0 Å². The molecule has 3 rings (SSSR count). The molecule has 2 saturated heterocycles. The number of aldehydes is 1. The van der Waals surface area contributed by atoms with Crippen LogP contribution >= 0.6 is 0 Å². The van der Waals surface area contributed by atoms with E-state index in [1.54, 1.807) is 0 Å². The van der Waals surface area contributed by atoms with Crippen LogP contribution in [0.25, 0.3) is 0 Å². The van der Waals surface area contributed by atoms with Gasteiger partial charge in [-0.25, -0.2) is 4.79 Å². The van der Waals surface area contributed by atoms with E-state index < -0.39 is 11.9 Å². The highest BCUT2D eigenvalue weighted by Gasteiger charge is 2.71. The minimum absolute atomic E-state index is 0.0184. The molecular formula is C14H20O4. The molecule has 0 N–H and O–H groups in total. The Morgan fingerprint density at radius 2 is 2.17 bits per heavy atom. The molecule has 1 saturated carbocycles. The zero-order chi connectivity index (χ0) is 13.2. The van der Waals surface area contributed by atoms with E-state index in [1.165, 1.54) is 0 Å². The van der Waals surface area contributed by atoms with Crippen LogP contribution in [0.5, 0.6) is 0 Å². The quantitative estimate of drug-likeness (QED) is 0.557. The van der Waals surface area contributed by atoms with Gasteiger partial charge in [0.25, 0.3) is 0 Å². The zero-order valence-electron chi connectivity index (χ0n) is 11.2. The van der Waals surface area contributed by atoms with Gasteiger partial charge < -0.3 is 14.3 Å². The van der Waals surface area contributed by atoms with Crippen molar-refractivity contribution in [2.75, 3.05) is 0 Å².